The molecule has 8 heteroatoms. The first-order valence-electron chi connectivity index (χ1n) is 8.30. The van der Waals surface area contributed by atoms with E-state index in [9.17, 15) is 13.2 Å². The van der Waals surface area contributed by atoms with Gasteiger partial charge in [-0.1, -0.05) is 28.6 Å². The smallest absolute Gasteiger partial charge is 0.416 e. The second-order valence-corrected chi connectivity index (χ2v) is 7.65. The van der Waals surface area contributed by atoms with Crippen molar-refractivity contribution in [1.29, 1.82) is 0 Å². The highest BCUT2D eigenvalue weighted by Crippen LogP contribution is 2.38. The molecule has 3 heterocycles. The van der Waals surface area contributed by atoms with Crippen molar-refractivity contribution in [3.63, 3.8) is 0 Å². The van der Waals surface area contributed by atoms with Crippen LogP contribution in [-0.4, -0.2) is 40.3 Å². The molecule has 25 heavy (non-hydrogen) atoms. The number of aromatic nitrogens is 2. The summed E-state index contributed by atoms with van der Waals surface area (Å²) in [4.78, 5) is 2.42. The topological polar surface area (TPSA) is 38.2 Å². The molecule has 134 valence electrons. The minimum absolute atomic E-state index is 0.107. The number of piperidine rings is 1. The number of hydrogen-bond donors (Lipinski definition) is 0. The number of hydrogen-bond acceptors (Lipinski definition) is 5. The number of nitrogens with zero attached hydrogens (tertiary/aromatic N) is 3. The molecule has 2 aromatic rings. The molecule has 0 saturated carbocycles. The number of fused-ring (bicyclic) bond motifs is 2. The standard InChI is InChI=1S/C17H18F3N3OS/c1-23-12-5-6-13(23)9-14(8-12)24-16-22-21-15(25-16)10-3-2-4-11(7-10)17(18,19)20/h2-4,7,12-14H,5-6,8-9H2,1H3/t12-,13?,14?/m0/s1. The van der Waals surface area contributed by atoms with Gasteiger partial charge >= 0.3 is 6.18 Å². The molecule has 0 N–H and O–H groups in total. The number of rotatable bonds is 3. The van der Waals surface area contributed by atoms with E-state index < -0.39 is 11.7 Å². The maximum atomic E-state index is 12.8. The Hall–Kier alpha value is -1.67. The summed E-state index contributed by atoms with van der Waals surface area (Å²) in [5.41, 5.74) is -0.278. The van der Waals surface area contributed by atoms with Gasteiger partial charge in [-0.15, -0.1) is 5.10 Å². The van der Waals surface area contributed by atoms with Crippen molar-refractivity contribution >= 4 is 11.3 Å². The van der Waals surface area contributed by atoms with Crippen LogP contribution >= 0.6 is 11.3 Å². The van der Waals surface area contributed by atoms with E-state index in [2.05, 4.69) is 22.1 Å². The summed E-state index contributed by atoms with van der Waals surface area (Å²) in [6.45, 7) is 0. The van der Waals surface area contributed by atoms with Crippen LogP contribution in [0.1, 0.15) is 31.2 Å². The van der Waals surface area contributed by atoms with E-state index in [4.69, 9.17) is 4.74 Å². The van der Waals surface area contributed by atoms with E-state index in [1.807, 2.05) is 0 Å². The predicted octanol–water partition coefficient (Wildman–Crippen LogP) is 4.23. The SMILES string of the molecule is CN1C2CC[C@H]1CC(Oc1nnc(-c3cccc(C(F)(F)F)c3)s1)C2. The van der Waals surface area contributed by atoms with Gasteiger partial charge in [0.1, 0.15) is 6.10 Å². The Labute approximate surface area is 147 Å². The Morgan fingerprint density at radius 3 is 2.56 bits per heavy atom. The van der Waals surface area contributed by atoms with Crippen LogP contribution in [0.4, 0.5) is 13.2 Å². The van der Waals surface area contributed by atoms with Crippen molar-refractivity contribution in [1.82, 2.24) is 15.1 Å². The molecular formula is C17H18F3N3OS. The van der Waals surface area contributed by atoms with Crippen LogP contribution in [0.15, 0.2) is 24.3 Å². The molecule has 2 unspecified atom stereocenters. The lowest BCUT2D eigenvalue weighted by Gasteiger charge is -2.35. The van der Waals surface area contributed by atoms with Crippen LogP contribution in [0.25, 0.3) is 10.6 Å². The molecule has 4 nitrogen and oxygen atoms in total. The number of alkyl halides is 3. The van der Waals surface area contributed by atoms with Gasteiger partial charge in [0.2, 0.25) is 0 Å². The van der Waals surface area contributed by atoms with Crippen molar-refractivity contribution < 1.29 is 17.9 Å². The van der Waals surface area contributed by atoms with Gasteiger partial charge in [0, 0.05) is 17.6 Å². The third-order valence-electron chi connectivity index (χ3n) is 5.17. The predicted molar refractivity (Wildman–Crippen MR) is 88.6 cm³/mol. The van der Waals surface area contributed by atoms with Crippen molar-refractivity contribution in [2.45, 2.75) is 50.0 Å². The van der Waals surface area contributed by atoms with Gasteiger partial charge in [0.05, 0.1) is 5.56 Å². The van der Waals surface area contributed by atoms with E-state index in [0.29, 0.717) is 27.8 Å². The summed E-state index contributed by atoms with van der Waals surface area (Å²) >= 11 is 1.20. The minimum Gasteiger partial charge on any atom is -0.465 e. The van der Waals surface area contributed by atoms with Gasteiger partial charge in [-0.2, -0.15) is 13.2 Å². The summed E-state index contributed by atoms with van der Waals surface area (Å²) in [6, 6.07) is 6.25. The first-order chi connectivity index (χ1) is 11.9. The maximum absolute atomic E-state index is 12.8. The normalized spacial score (nSPS) is 26.8. The van der Waals surface area contributed by atoms with Crippen LogP contribution in [-0.2, 0) is 6.18 Å². The van der Waals surface area contributed by atoms with Gasteiger partial charge in [-0.3, -0.25) is 0 Å². The maximum Gasteiger partial charge on any atom is 0.416 e. The molecule has 4 rings (SSSR count). The first kappa shape index (κ1) is 16.8. The Morgan fingerprint density at radius 1 is 1.16 bits per heavy atom. The summed E-state index contributed by atoms with van der Waals surface area (Å²) < 4.78 is 44.5. The average Bonchev–Trinajstić information content (AvgIpc) is 3.09. The van der Waals surface area contributed by atoms with Crippen LogP contribution in [0.2, 0.25) is 0 Å². The third-order valence-corrected chi connectivity index (χ3v) is 6.03. The second kappa shape index (κ2) is 6.25. The van der Waals surface area contributed by atoms with E-state index in [1.165, 1.54) is 30.2 Å². The van der Waals surface area contributed by atoms with Crippen molar-refractivity contribution in [3.8, 4) is 15.8 Å². The summed E-state index contributed by atoms with van der Waals surface area (Å²) in [5, 5.41) is 8.90. The van der Waals surface area contributed by atoms with Crippen molar-refractivity contribution in [2.24, 2.45) is 0 Å². The van der Waals surface area contributed by atoms with E-state index >= 15 is 0 Å². The lowest BCUT2D eigenvalue weighted by molar-refractivity contribution is -0.137. The quantitative estimate of drug-likeness (QED) is 0.812. The lowest BCUT2D eigenvalue weighted by atomic mass is 10.0. The first-order valence-corrected chi connectivity index (χ1v) is 9.11. The fourth-order valence-corrected chi connectivity index (χ4v) is 4.56. The number of ether oxygens (including phenoxy) is 1. The molecule has 2 bridgehead atoms. The van der Waals surface area contributed by atoms with Crippen LogP contribution in [0, 0.1) is 0 Å². The van der Waals surface area contributed by atoms with Crippen LogP contribution in [0.5, 0.6) is 5.19 Å². The molecule has 2 fully saturated rings. The number of halogens is 3. The fourth-order valence-electron chi connectivity index (χ4n) is 3.80. The molecule has 0 radical (unpaired) electrons. The Kier molecular flexibility index (Phi) is 4.19. The highest BCUT2D eigenvalue weighted by atomic mass is 32.1. The molecule has 2 aliphatic rings. The highest BCUT2D eigenvalue weighted by molar-refractivity contribution is 7.16. The molecular weight excluding hydrogens is 351 g/mol. The van der Waals surface area contributed by atoms with E-state index in [-0.39, 0.29) is 6.10 Å². The summed E-state index contributed by atoms with van der Waals surface area (Å²) in [7, 11) is 2.16. The molecule has 2 aliphatic heterocycles. The molecule has 2 saturated heterocycles. The van der Waals surface area contributed by atoms with Gasteiger partial charge in [-0.25, -0.2) is 0 Å². The second-order valence-electron chi connectivity index (χ2n) is 6.71. The van der Waals surface area contributed by atoms with Gasteiger partial charge in [-0.05, 0) is 44.9 Å². The Bertz CT molecular complexity index is 750. The molecule has 1 aromatic heterocycles. The average molecular weight is 369 g/mol. The zero-order valence-corrected chi connectivity index (χ0v) is 14.5. The zero-order valence-electron chi connectivity index (χ0n) is 13.7. The van der Waals surface area contributed by atoms with Gasteiger partial charge in [0.15, 0.2) is 5.01 Å². The largest absolute Gasteiger partial charge is 0.465 e. The Morgan fingerprint density at radius 2 is 1.88 bits per heavy atom. The molecule has 1 aromatic carbocycles. The van der Waals surface area contributed by atoms with Crippen molar-refractivity contribution in [3.05, 3.63) is 29.8 Å². The molecule has 0 amide bonds. The van der Waals surface area contributed by atoms with E-state index in [0.717, 1.165) is 25.0 Å². The third kappa shape index (κ3) is 3.37. The number of benzene rings is 1. The molecule has 0 spiro atoms. The highest BCUT2D eigenvalue weighted by Gasteiger charge is 2.39. The Balaban J connectivity index is 1.48. The molecule has 3 atom stereocenters. The summed E-state index contributed by atoms with van der Waals surface area (Å²) in [5.74, 6) is 0. The van der Waals surface area contributed by atoms with Crippen LogP contribution < -0.4 is 4.74 Å². The molecule has 0 aliphatic carbocycles. The zero-order chi connectivity index (χ0) is 17.6. The van der Waals surface area contributed by atoms with Gasteiger partial charge < -0.3 is 9.64 Å². The van der Waals surface area contributed by atoms with Crippen molar-refractivity contribution in [2.75, 3.05) is 7.05 Å². The lowest BCUT2D eigenvalue weighted by Crippen LogP contribution is -2.43. The van der Waals surface area contributed by atoms with Gasteiger partial charge in [0.25, 0.3) is 5.19 Å². The minimum atomic E-state index is -4.37. The summed E-state index contributed by atoms with van der Waals surface area (Å²) in [6.07, 6.45) is 0.0694. The monoisotopic (exact) mass is 369 g/mol. The fraction of sp³-hybridized carbons (Fsp3) is 0.529. The van der Waals surface area contributed by atoms with Crippen LogP contribution in [0.3, 0.4) is 0 Å². The van der Waals surface area contributed by atoms with E-state index in [1.54, 1.807) is 6.07 Å².